The van der Waals surface area contributed by atoms with E-state index in [-0.39, 0.29) is 0 Å². The van der Waals surface area contributed by atoms with E-state index in [2.05, 4.69) is 35.0 Å². The highest BCUT2D eigenvalue weighted by Gasteiger charge is 2.02. The summed E-state index contributed by atoms with van der Waals surface area (Å²) in [6, 6.07) is 8.20. The third-order valence-corrected chi connectivity index (χ3v) is 3.19. The minimum Gasteiger partial charge on any atom is -0.300 e. The lowest BCUT2D eigenvalue weighted by atomic mass is 10.0. The molecule has 0 aliphatic heterocycles. The molecule has 0 fully saturated rings. The Labute approximate surface area is 106 Å². The van der Waals surface area contributed by atoms with E-state index in [9.17, 15) is 4.79 Å². The predicted octanol–water partition coefficient (Wildman–Crippen LogP) is 4.53. The van der Waals surface area contributed by atoms with Crippen molar-refractivity contribution in [3.63, 3.8) is 0 Å². The van der Waals surface area contributed by atoms with Crippen LogP contribution in [0.25, 0.3) is 0 Å². The number of carbonyl (C=O) groups excluding carboxylic acids is 1. The summed E-state index contributed by atoms with van der Waals surface area (Å²) >= 11 is 3.40. The van der Waals surface area contributed by atoms with E-state index in [1.165, 1.54) is 18.4 Å². The fourth-order valence-corrected chi connectivity index (χ4v) is 1.90. The van der Waals surface area contributed by atoms with Crippen molar-refractivity contribution in [3.8, 4) is 0 Å². The van der Waals surface area contributed by atoms with E-state index in [1.54, 1.807) is 0 Å². The minimum atomic E-state index is 0.399. The normalized spacial score (nSPS) is 10.4. The first-order valence-corrected chi connectivity index (χ1v) is 6.78. The maximum absolute atomic E-state index is 11.5. The zero-order valence-electron chi connectivity index (χ0n) is 9.84. The SMILES string of the molecule is CCCCCC(=O)CCc1ccc(Br)cc1. The van der Waals surface area contributed by atoms with E-state index < -0.39 is 0 Å². The number of benzene rings is 1. The van der Waals surface area contributed by atoms with Crippen LogP contribution in [-0.4, -0.2) is 5.78 Å². The van der Waals surface area contributed by atoms with Crippen molar-refractivity contribution in [2.75, 3.05) is 0 Å². The van der Waals surface area contributed by atoms with Gasteiger partial charge in [-0.25, -0.2) is 0 Å². The molecule has 0 saturated carbocycles. The number of hydrogen-bond donors (Lipinski definition) is 0. The Bertz CT molecular complexity index is 316. The van der Waals surface area contributed by atoms with Crippen LogP contribution in [0.5, 0.6) is 0 Å². The van der Waals surface area contributed by atoms with Crippen molar-refractivity contribution in [1.29, 1.82) is 0 Å². The average Bonchev–Trinajstić information content (AvgIpc) is 2.29. The van der Waals surface area contributed by atoms with Crippen molar-refractivity contribution in [3.05, 3.63) is 34.3 Å². The zero-order valence-corrected chi connectivity index (χ0v) is 11.4. The van der Waals surface area contributed by atoms with Gasteiger partial charge in [0.15, 0.2) is 0 Å². The highest BCUT2D eigenvalue weighted by atomic mass is 79.9. The van der Waals surface area contributed by atoms with Crippen molar-refractivity contribution >= 4 is 21.7 Å². The molecule has 0 aliphatic carbocycles. The molecule has 0 atom stereocenters. The van der Waals surface area contributed by atoms with E-state index >= 15 is 0 Å². The molecule has 1 aromatic rings. The number of rotatable bonds is 7. The third-order valence-electron chi connectivity index (χ3n) is 2.66. The Morgan fingerprint density at radius 2 is 1.81 bits per heavy atom. The molecule has 0 aliphatic rings. The molecule has 0 radical (unpaired) electrons. The molecule has 16 heavy (non-hydrogen) atoms. The van der Waals surface area contributed by atoms with Crippen LogP contribution in [0, 0.1) is 0 Å². The second kappa shape index (κ2) is 7.61. The van der Waals surface area contributed by atoms with Gasteiger partial charge in [0, 0.05) is 17.3 Å². The van der Waals surface area contributed by atoms with Gasteiger partial charge >= 0.3 is 0 Å². The van der Waals surface area contributed by atoms with Crippen LogP contribution in [0.4, 0.5) is 0 Å². The summed E-state index contributed by atoms with van der Waals surface area (Å²) in [5.41, 5.74) is 1.24. The molecule has 1 nitrogen and oxygen atoms in total. The Morgan fingerprint density at radius 1 is 1.12 bits per heavy atom. The first-order chi connectivity index (χ1) is 7.72. The number of halogens is 1. The Morgan fingerprint density at radius 3 is 2.44 bits per heavy atom. The molecule has 0 unspecified atom stereocenters. The van der Waals surface area contributed by atoms with Gasteiger partial charge in [0.2, 0.25) is 0 Å². The molecular formula is C14H19BrO. The Hall–Kier alpha value is -0.630. The Balaban J connectivity index is 2.23. The number of Topliss-reactive ketones (excluding diaryl/α,β-unsaturated/α-hetero) is 1. The summed E-state index contributed by atoms with van der Waals surface area (Å²) in [5.74, 6) is 0.399. The number of hydrogen-bond acceptors (Lipinski definition) is 1. The topological polar surface area (TPSA) is 17.1 Å². The molecule has 0 spiro atoms. The largest absolute Gasteiger partial charge is 0.300 e. The monoisotopic (exact) mass is 282 g/mol. The van der Waals surface area contributed by atoms with E-state index in [0.29, 0.717) is 12.2 Å². The number of carbonyl (C=O) groups is 1. The molecule has 1 aromatic carbocycles. The standard InChI is InChI=1S/C14H19BrO/c1-2-3-4-5-14(16)11-8-12-6-9-13(15)10-7-12/h6-7,9-10H,2-5,8,11H2,1H3. The summed E-state index contributed by atoms with van der Waals surface area (Å²) in [7, 11) is 0. The van der Waals surface area contributed by atoms with Gasteiger partial charge in [0.1, 0.15) is 5.78 Å². The second-order valence-electron chi connectivity index (χ2n) is 4.12. The van der Waals surface area contributed by atoms with Crippen molar-refractivity contribution in [2.45, 2.75) is 45.4 Å². The molecular weight excluding hydrogens is 264 g/mol. The first kappa shape index (κ1) is 13.4. The first-order valence-electron chi connectivity index (χ1n) is 5.98. The fourth-order valence-electron chi connectivity index (χ4n) is 1.63. The molecule has 0 amide bonds. The molecule has 0 N–H and O–H groups in total. The van der Waals surface area contributed by atoms with Gasteiger partial charge in [0.05, 0.1) is 0 Å². The predicted molar refractivity (Wildman–Crippen MR) is 71.6 cm³/mol. The Kier molecular flexibility index (Phi) is 6.39. The van der Waals surface area contributed by atoms with Gasteiger partial charge < -0.3 is 0 Å². The molecule has 0 bridgehead atoms. The molecule has 2 heteroatoms. The number of unbranched alkanes of at least 4 members (excludes halogenated alkanes) is 2. The zero-order chi connectivity index (χ0) is 11.8. The summed E-state index contributed by atoms with van der Waals surface area (Å²) in [6.45, 7) is 2.16. The van der Waals surface area contributed by atoms with Crippen LogP contribution < -0.4 is 0 Å². The highest BCUT2D eigenvalue weighted by molar-refractivity contribution is 9.10. The third kappa shape index (κ3) is 5.45. The summed E-state index contributed by atoms with van der Waals surface area (Å²) in [5, 5.41) is 0. The fraction of sp³-hybridized carbons (Fsp3) is 0.500. The quantitative estimate of drug-likeness (QED) is 0.672. The van der Waals surface area contributed by atoms with Gasteiger partial charge in [-0.1, -0.05) is 47.8 Å². The smallest absolute Gasteiger partial charge is 0.133 e. The summed E-state index contributed by atoms with van der Waals surface area (Å²) in [4.78, 5) is 11.5. The highest BCUT2D eigenvalue weighted by Crippen LogP contribution is 2.12. The van der Waals surface area contributed by atoms with Crippen molar-refractivity contribution in [2.24, 2.45) is 0 Å². The van der Waals surface area contributed by atoms with E-state index in [1.807, 2.05) is 12.1 Å². The average molecular weight is 283 g/mol. The maximum atomic E-state index is 11.5. The van der Waals surface area contributed by atoms with Gasteiger partial charge in [0.25, 0.3) is 0 Å². The lowest BCUT2D eigenvalue weighted by molar-refractivity contribution is -0.119. The molecule has 0 aromatic heterocycles. The molecule has 0 heterocycles. The molecule has 1 rings (SSSR count). The van der Waals surface area contributed by atoms with E-state index in [0.717, 1.165) is 23.7 Å². The van der Waals surface area contributed by atoms with Crippen LogP contribution in [0.3, 0.4) is 0 Å². The van der Waals surface area contributed by atoms with Crippen molar-refractivity contribution in [1.82, 2.24) is 0 Å². The van der Waals surface area contributed by atoms with Gasteiger partial charge in [-0.3, -0.25) is 4.79 Å². The lowest BCUT2D eigenvalue weighted by Gasteiger charge is -2.01. The van der Waals surface area contributed by atoms with Gasteiger partial charge in [-0.05, 0) is 30.5 Å². The second-order valence-corrected chi connectivity index (χ2v) is 5.04. The van der Waals surface area contributed by atoms with Crippen LogP contribution in [0.2, 0.25) is 0 Å². The summed E-state index contributed by atoms with van der Waals surface area (Å²) < 4.78 is 1.09. The van der Waals surface area contributed by atoms with E-state index in [4.69, 9.17) is 0 Å². The van der Waals surface area contributed by atoms with Crippen LogP contribution >= 0.6 is 15.9 Å². The lowest BCUT2D eigenvalue weighted by Crippen LogP contribution is -1.99. The van der Waals surface area contributed by atoms with Crippen molar-refractivity contribution < 1.29 is 4.79 Å². The molecule has 0 saturated heterocycles. The van der Waals surface area contributed by atoms with Crippen LogP contribution in [0.15, 0.2) is 28.7 Å². The maximum Gasteiger partial charge on any atom is 0.133 e. The van der Waals surface area contributed by atoms with Crippen LogP contribution in [0.1, 0.15) is 44.6 Å². The van der Waals surface area contributed by atoms with Crippen LogP contribution in [-0.2, 0) is 11.2 Å². The minimum absolute atomic E-state index is 0.399. The van der Waals surface area contributed by atoms with Gasteiger partial charge in [-0.2, -0.15) is 0 Å². The number of aryl methyl sites for hydroxylation is 1. The van der Waals surface area contributed by atoms with Gasteiger partial charge in [-0.15, -0.1) is 0 Å². The summed E-state index contributed by atoms with van der Waals surface area (Å²) in [6.07, 6.45) is 5.72. The molecule has 88 valence electrons. The number of ketones is 1.